The number of aryl methyl sites for hydroxylation is 2. The molecule has 1 saturated heterocycles. The summed E-state index contributed by atoms with van der Waals surface area (Å²) in [6, 6.07) is 5.74. The Morgan fingerprint density at radius 3 is 2.69 bits per heavy atom. The van der Waals surface area contributed by atoms with Crippen LogP contribution in [0.25, 0.3) is 10.9 Å². The van der Waals surface area contributed by atoms with Gasteiger partial charge in [-0.2, -0.15) is 4.31 Å². The lowest BCUT2D eigenvalue weighted by Crippen LogP contribution is -2.49. The molecule has 4 rings (SSSR count). The fourth-order valence-corrected chi connectivity index (χ4v) is 5.99. The molecular weight excluding hydrogens is 390 g/mol. The molecular formula is C21H29N3O4S. The lowest BCUT2D eigenvalue weighted by atomic mass is 9.95. The first-order valence-corrected chi connectivity index (χ1v) is 12.0. The average Bonchev–Trinajstić information content (AvgIpc) is 3.05. The van der Waals surface area contributed by atoms with Gasteiger partial charge in [0.2, 0.25) is 10.0 Å². The van der Waals surface area contributed by atoms with Crippen molar-refractivity contribution in [2.75, 3.05) is 25.4 Å². The predicted octanol–water partition coefficient (Wildman–Crippen LogP) is 2.22. The number of H-pyrrole nitrogens is 1. The number of aromatic amines is 1. The van der Waals surface area contributed by atoms with E-state index in [0.29, 0.717) is 18.7 Å². The highest BCUT2D eigenvalue weighted by Gasteiger charge is 2.30. The third kappa shape index (κ3) is 4.20. The highest BCUT2D eigenvalue weighted by molar-refractivity contribution is 7.89. The molecule has 1 aromatic carbocycles. The van der Waals surface area contributed by atoms with Crippen molar-refractivity contribution in [3.8, 4) is 0 Å². The van der Waals surface area contributed by atoms with Gasteiger partial charge >= 0.3 is 0 Å². The van der Waals surface area contributed by atoms with Gasteiger partial charge in [0, 0.05) is 30.7 Å². The van der Waals surface area contributed by atoms with Gasteiger partial charge in [0.15, 0.2) is 0 Å². The molecule has 158 valence electrons. The summed E-state index contributed by atoms with van der Waals surface area (Å²) in [6.45, 7) is 4.53. The number of rotatable bonds is 5. The number of sulfonamides is 1. The number of amides is 1. The molecule has 7 nitrogen and oxygen atoms in total. The fraction of sp³-hybridized carbons (Fsp3) is 0.571. The van der Waals surface area contributed by atoms with Gasteiger partial charge in [-0.25, -0.2) is 8.42 Å². The number of carbonyl (C=O) groups excluding carboxylic acids is 1. The number of carbonyl (C=O) groups is 1. The summed E-state index contributed by atoms with van der Waals surface area (Å²) in [5.74, 6) is -0.358. The third-order valence-electron chi connectivity index (χ3n) is 5.80. The second-order valence-corrected chi connectivity index (χ2v) is 10.3. The maximum atomic E-state index is 12.8. The van der Waals surface area contributed by atoms with E-state index in [1.54, 1.807) is 6.07 Å². The zero-order valence-corrected chi connectivity index (χ0v) is 17.8. The van der Waals surface area contributed by atoms with E-state index in [1.165, 1.54) is 22.0 Å². The van der Waals surface area contributed by atoms with Crippen LogP contribution in [0, 0.1) is 0 Å². The van der Waals surface area contributed by atoms with Crippen molar-refractivity contribution in [3.05, 3.63) is 35.0 Å². The number of aromatic nitrogens is 1. The van der Waals surface area contributed by atoms with Crippen LogP contribution in [-0.2, 0) is 27.6 Å². The van der Waals surface area contributed by atoms with Crippen LogP contribution >= 0.6 is 0 Å². The molecule has 1 aromatic heterocycles. The minimum Gasteiger partial charge on any atom is -0.373 e. The quantitative estimate of drug-likeness (QED) is 0.777. The lowest BCUT2D eigenvalue weighted by molar-refractivity contribution is -0.0440. The number of benzene rings is 1. The molecule has 1 fully saturated rings. The third-order valence-corrected chi connectivity index (χ3v) is 7.61. The number of morpholine rings is 1. The van der Waals surface area contributed by atoms with E-state index in [9.17, 15) is 13.2 Å². The zero-order valence-electron chi connectivity index (χ0n) is 17.0. The van der Waals surface area contributed by atoms with Gasteiger partial charge in [-0.05, 0) is 51.2 Å². The maximum absolute atomic E-state index is 12.8. The number of para-hydroxylation sites is 1. The monoisotopic (exact) mass is 419 g/mol. The molecule has 0 spiro atoms. The number of ether oxygens (including phenoxy) is 1. The van der Waals surface area contributed by atoms with Gasteiger partial charge < -0.3 is 15.0 Å². The predicted molar refractivity (Wildman–Crippen MR) is 113 cm³/mol. The topological polar surface area (TPSA) is 91.5 Å². The van der Waals surface area contributed by atoms with Crippen molar-refractivity contribution in [1.82, 2.24) is 14.6 Å². The van der Waals surface area contributed by atoms with E-state index in [2.05, 4.69) is 16.4 Å². The molecule has 29 heavy (non-hydrogen) atoms. The maximum Gasteiger partial charge on any atom is 0.253 e. The Kier molecular flexibility index (Phi) is 5.68. The van der Waals surface area contributed by atoms with E-state index in [1.807, 2.05) is 19.9 Å². The summed E-state index contributed by atoms with van der Waals surface area (Å²) in [6.07, 6.45) is 4.14. The van der Waals surface area contributed by atoms with E-state index in [-0.39, 0.29) is 30.4 Å². The van der Waals surface area contributed by atoms with E-state index in [0.717, 1.165) is 30.2 Å². The van der Waals surface area contributed by atoms with Crippen LogP contribution in [0.15, 0.2) is 18.2 Å². The Balaban J connectivity index is 1.43. The molecule has 1 aliphatic heterocycles. The van der Waals surface area contributed by atoms with Crippen molar-refractivity contribution in [2.24, 2.45) is 0 Å². The highest BCUT2D eigenvalue weighted by Crippen LogP contribution is 2.30. The molecule has 2 aliphatic rings. The van der Waals surface area contributed by atoms with E-state index < -0.39 is 10.0 Å². The minimum atomic E-state index is -3.44. The Hall–Kier alpha value is -1.90. The second-order valence-electron chi connectivity index (χ2n) is 8.16. The molecule has 2 atom stereocenters. The van der Waals surface area contributed by atoms with Gasteiger partial charge in [0.25, 0.3) is 5.91 Å². The van der Waals surface area contributed by atoms with Gasteiger partial charge in [0.05, 0.1) is 29.0 Å². The molecule has 2 aromatic rings. The van der Waals surface area contributed by atoms with E-state index >= 15 is 0 Å². The smallest absolute Gasteiger partial charge is 0.253 e. The highest BCUT2D eigenvalue weighted by atomic mass is 32.2. The van der Waals surface area contributed by atoms with Crippen LogP contribution in [-0.4, -0.2) is 61.2 Å². The average molecular weight is 420 g/mol. The molecule has 2 N–H and O–H groups in total. The Morgan fingerprint density at radius 1 is 1.21 bits per heavy atom. The van der Waals surface area contributed by atoms with Crippen molar-refractivity contribution in [2.45, 2.75) is 51.7 Å². The summed E-state index contributed by atoms with van der Waals surface area (Å²) in [4.78, 5) is 16.2. The van der Waals surface area contributed by atoms with E-state index in [4.69, 9.17) is 4.74 Å². The van der Waals surface area contributed by atoms with Gasteiger partial charge in [-0.1, -0.05) is 12.1 Å². The Morgan fingerprint density at radius 2 is 1.93 bits per heavy atom. The first-order valence-electron chi connectivity index (χ1n) is 10.4. The fourth-order valence-electron chi connectivity index (χ4n) is 4.49. The van der Waals surface area contributed by atoms with Crippen molar-refractivity contribution >= 4 is 26.8 Å². The van der Waals surface area contributed by atoms with Crippen molar-refractivity contribution in [1.29, 1.82) is 0 Å². The largest absolute Gasteiger partial charge is 0.373 e. The molecule has 8 heteroatoms. The van der Waals surface area contributed by atoms with Crippen LogP contribution in [0.5, 0.6) is 0 Å². The molecule has 0 bridgehead atoms. The summed E-state index contributed by atoms with van der Waals surface area (Å²) in [5, 5.41) is 3.90. The Bertz CT molecular complexity index is 1000. The normalized spacial score (nSPS) is 23.1. The summed E-state index contributed by atoms with van der Waals surface area (Å²) < 4.78 is 32.4. The Labute approximate surface area is 171 Å². The van der Waals surface area contributed by atoms with Crippen molar-refractivity contribution in [3.63, 3.8) is 0 Å². The van der Waals surface area contributed by atoms with Crippen LogP contribution in [0.3, 0.4) is 0 Å². The van der Waals surface area contributed by atoms with Gasteiger partial charge in [0.1, 0.15) is 0 Å². The summed E-state index contributed by atoms with van der Waals surface area (Å²) in [5.41, 5.74) is 3.97. The number of fused-ring (bicyclic) bond motifs is 3. The standard InChI is InChI=1S/C21H29N3O4S/c1-14-12-24(13-15(2)28-14)29(26,27)11-10-22-21(25)18-8-5-7-17-16-6-3-4-9-19(16)23-20(17)18/h5,7-8,14-15,23H,3-4,6,9-13H2,1-2H3,(H,22,25)/t14-,15-/m1/s1. The van der Waals surface area contributed by atoms with Crippen LogP contribution in [0.2, 0.25) is 0 Å². The molecule has 0 radical (unpaired) electrons. The summed E-state index contributed by atoms with van der Waals surface area (Å²) >= 11 is 0. The second kappa shape index (κ2) is 8.08. The first-order chi connectivity index (χ1) is 13.8. The molecule has 1 amide bonds. The van der Waals surface area contributed by atoms with Crippen LogP contribution < -0.4 is 5.32 Å². The minimum absolute atomic E-state index is 0.0814. The number of nitrogens with one attached hydrogen (secondary N) is 2. The number of hydrogen-bond acceptors (Lipinski definition) is 4. The molecule has 0 unspecified atom stereocenters. The van der Waals surface area contributed by atoms with Gasteiger partial charge in [-0.3, -0.25) is 4.79 Å². The SMILES string of the molecule is C[C@@H]1CN(S(=O)(=O)CCNC(=O)c2cccc3c4c([nH]c23)CCCC4)C[C@@H](C)O1. The zero-order chi connectivity index (χ0) is 20.6. The summed E-state index contributed by atoms with van der Waals surface area (Å²) in [7, 11) is -3.44. The lowest BCUT2D eigenvalue weighted by Gasteiger charge is -2.34. The molecule has 1 aliphatic carbocycles. The van der Waals surface area contributed by atoms with Crippen molar-refractivity contribution < 1.29 is 17.9 Å². The first kappa shape index (κ1) is 20.4. The van der Waals surface area contributed by atoms with Crippen LogP contribution in [0.1, 0.15) is 48.3 Å². The number of nitrogens with zero attached hydrogens (tertiary/aromatic N) is 1. The molecule has 0 saturated carbocycles. The van der Waals surface area contributed by atoms with Gasteiger partial charge in [-0.15, -0.1) is 0 Å². The van der Waals surface area contributed by atoms with Crippen LogP contribution in [0.4, 0.5) is 0 Å². The molecule has 2 heterocycles. The number of hydrogen-bond donors (Lipinski definition) is 2.